The smallest absolute Gasteiger partial charge is 0.408 e. The van der Waals surface area contributed by atoms with Gasteiger partial charge < -0.3 is 13.6 Å². The molecule has 0 unspecified atom stereocenters. The topological polar surface area (TPSA) is 27.7 Å². The van der Waals surface area contributed by atoms with E-state index in [0.717, 1.165) is 55.8 Å². The van der Waals surface area contributed by atoms with Crippen LogP contribution in [0.4, 0.5) is 0 Å². The first-order valence-corrected chi connectivity index (χ1v) is 48.3. The molecule has 3 aromatic rings. The lowest BCUT2D eigenvalue weighted by atomic mass is 9.89. The highest BCUT2D eigenvalue weighted by Gasteiger charge is 2.29. The second-order valence-electron chi connectivity index (χ2n) is 32.9. The molecule has 596 valence electrons. The highest BCUT2D eigenvalue weighted by atomic mass is 31.2. The van der Waals surface area contributed by atoms with Crippen molar-refractivity contribution in [1.82, 2.24) is 0 Å². The molecule has 0 spiro atoms. The maximum atomic E-state index is 7.97. The molecule has 0 aliphatic carbocycles. The lowest BCUT2D eigenvalue weighted by Crippen LogP contribution is -2.11. The van der Waals surface area contributed by atoms with Crippen molar-refractivity contribution >= 4 is 8.60 Å². The van der Waals surface area contributed by atoms with Crippen molar-refractivity contribution in [3.63, 3.8) is 0 Å². The molecule has 3 aromatic carbocycles. The van der Waals surface area contributed by atoms with Gasteiger partial charge in [0.15, 0.2) is 0 Å². The number of benzene rings is 3. The van der Waals surface area contributed by atoms with Crippen LogP contribution in [0, 0.1) is 0 Å². The highest BCUT2D eigenvalue weighted by molar-refractivity contribution is 7.43. The molecule has 0 aliphatic heterocycles. The highest BCUT2D eigenvalue weighted by Crippen LogP contribution is 2.49. The number of rotatable bonds is 78. The third-order valence-electron chi connectivity index (χ3n) is 23.3. The Kier molecular flexibility index (Phi) is 64.3. The van der Waals surface area contributed by atoms with Crippen LogP contribution in [0.3, 0.4) is 0 Å². The van der Waals surface area contributed by atoms with Gasteiger partial charge in [-0.25, -0.2) is 0 Å². The lowest BCUT2D eigenvalue weighted by molar-refractivity contribution is 0.380. The zero-order valence-electron chi connectivity index (χ0n) is 71.0. The molecule has 0 amide bonds. The van der Waals surface area contributed by atoms with Crippen LogP contribution < -0.4 is 13.6 Å². The number of unbranched alkanes of at least 4 members (excludes halogenated alkanes) is 54. The molecule has 0 aromatic heterocycles. The Morgan fingerprint density at radius 3 is 0.456 bits per heavy atom. The third-order valence-corrected chi connectivity index (χ3v) is 24.3. The summed E-state index contributed by atoms with van der Waals surface area (Å²) in [4.78, 5) is 0. The second-order valence-corrected chi connectivity index (χ2v) is 33.9. The van der Waals surface area contributed by atoms with Crippen LogP contribution in [0.1, 0.15) is 517 Å². The SMILES string of the molecule is CCCCCCCCCc1ccc(OP(Oc2ccc(CCCCCCCCC)c(CCCCCCCCC)c2CCCCCCCCC)Oc2ccc(CCCCCCCCC)c(CCCCCCCCC)c2CCCCCCCCC)c(CCCCCCCCC)c1CCCCCCCCC. The molecular formula is C99H177O3P. The van der Waals surface area contributed by atoms with Crippen LogP contribution in [0.15, 0.2) is 36.4 Å². The average molecular weight is 1450 g/mol. The van der Waals surface area contributed by atoms with E-state index in [1.165, 1.54) is 440 Å². The van der Waals surface area contributed by atoms with E-state index < -0.39 is 8.60 Å². The monoisotopic (exact) mass is 1450 g/mol. The molecule has 0 N–H and O–H groups in total. The molecule has 103 heavy (non-hydrogen) atoms. The van der Waals surface area contributed by atoms with Gasteiger partial charge in [-0.1, -0.05) is 427 Å². The number of aryl methyl sites for hydroxylation is 3. The van der Waals surface area contributed by atoms with Gasteiger partial charge in [-0.2, -0.15) is 0 Å². The van der Waals surface area contributed by atoms with Crippen molar-refractivity contribution in [2.75, 3.05) is 0 Å². The summed E-state index contributed by atoms with van der Waals surface area (Å²) < 4.78 is 23.9. The van der Waals surface area contributed by atoms with Gasteiger partial charge in [-0.05, 0) is 184 Å². The molecule has 3 rings (SSSR count). The summed E-state index contributed by atoms with van der Waals surface area (Å²) in [6, 6.07) is 15.0. The molecule has 0 atom stereocenters. The summed E-state index contributed by atoms with van der Waals surface area (Å²) in [5.41, 5.74) is 14.1. The fourth-order valence-corrected chi connectivity index (χ4v) is 17.7. The van der Waals surface area contributed by atoms with Gasteiger partial charge in [0.05, 0.1) is 0 Å². The summed E-state index contributed by atoms with van der Waals surface area (Å²) in [5, 5.41) is 0. The zero-order chi connectivity index (χ0) is 73.8. The lowest BCUT2D eigenvalue weighted by Gasteiger charge is -2.26. The Morgan fingerprint density at radius 1 is 0.155 bits per heavy atom. The Labute approximate surface area is 646 Å². The predicted octanol–water partition coefficient (Wildman–Crippen LogP) is 35.1. The van der Waals surface area contributed by atoms with E-state index in [4.69, 9.17) is 13.6 Å². The molecule has 0 bridgehead atoms. The van der Waals surface area contributed by atoms with Crippen LogP contribution in [-0.2, 0) is 57.8 Å². The van der Waals surface area contributed by atoms with Crippen molar-refractivity contribution < 1.29 is 13.6 Å². The number of hydrogen-bond donors (Lipinski definition) is 0. The maximum Gasteiger partial charge on any atom is 0.530 e. The van der Waals surface area contributed by atoms with Gasteiger partial charge in [-0.15, -0.1) is 0 Å². The van der Waals surface area contributed by atoms with Crippen molar-refractivity contribution in [3.8, 4) is 17.2 Å². The predicted molar refractivity (Wildman–Crippen MR) is 463 cm³/mol. The molecule has 0 aliphatic rings. The minimum absolute atomic E-state index is 1.05. The van der Waals surface area contributed by atoms with Crippen molar-refractivity contribution in [2.24, 2.45) is 0 Å². The van der Waals surface area contributed by atoms with Crippen molar-refractivity contribution in [3.05, 3.63) is 86.5 Å². The average Bonchev–Trinajstić information content (AvgIpc) is 0.803. The van der Waals surface area contributed by atoms with Crippen molar-refractivity contribution in [1.29, 1.82) is 0 Å². The van der Waals surface area contributed by atoms with Gasteiger partial charge in [0.1, 0.15) is 17.2 Å². The molecular weight excluding hydrogens is 1270 g/mol. The summed E-state index contributed by atoms with van der Waals surface area (Å²) >= 11 is 0. The van der Waals surface area contributed by atoms with Crippen LogP contribution in [0.25, 0.3) is 0 Å². The Balaban J connectivity index is 2.47. The first-order chi connectivity index (χ1) is 50.9. The Morgan fingerprint density at radius 2 is 0.291 bits per heavy atom. The second kappa shape index (κ2) is 69.9. The van der Waals surface area contributed by atoms with E-state index in [1.807, 2.05) is 0 Å². The molecule has 0 saturated carbocycles. The van der Waals surface area contributed by atoms with Gasteiger partial charge in [0.2, 0.25) is 0 Å². The van der Waals surface area contributed by atoms with Gasteiger partial charge >= 0.3 is 8.60 Å². The molecule has 4 heteroatoms. The van der Waals surface area contributed by atoms with E-state index in [0.29, 0.717) is 0 Å². The molecule has 0 fully saturated rings. The quantitative estimate of drug-likeness (QED) is 0.0416. The Hall–Kier alpha value is -2.51. The van der Waals surface area contributed by atoms with Crippen molar-refractivity contribution in [2.45, 2.75) is 525 Å². The minimum atomic E-state index is -1.93. The standard InChI is InChI=1S/C99H177O3P/c1-10-19-28-37-46-55-64-73-88-82-85-97(94(79-70-61-52-43-34-25-16-7)91(88)76-67-58-49-40-31-22-13-4)100-103(101-98-86-83-89(74-65-56-47-38-29-20-11-2)92(77-68-59-50-41-32-23-14-5)95(98)80-71-62-53-44-35-26-17-8)102-99-87-84-90(75-66-57-48-39-30-21-12-3)93(78-69-60-51-42-33-24-15-6)96(99)81-72-63-54-45-36-27-18-9/h82-87H,10-81H2,1-9H3. The van der Waals surface area contributed by atoms with Crippen LogP contribution >= 0.6 is 8.60 Å². The van der Waals surface area contributed by atoms with Crippen LogP contribution in [0.5, 0.6) is 17.2 Å². The van der Waals surface area contributed by atoms with Gasteiger partial charge in [0, 0.05) is 0 Å². The van der Waals surface area contributed by atoms with E-state index in [1.54, 1.807) is 33.4 Å². The fraction of sp³-hybridized carbons (Fsp3) is 0.818. The first kappa shape index (κ1) is 94.7. The largest absolute Gasteiger partial charge is 0.530 e. The van der Waals surface area contributed by atoms with Gasteiger partial charge in [-0.3, -0.25) is 0 Å². The fourth-order valence-electron chi connectivity index (χ4n) is 16.5. The first-order valence-electron chi connectivity index (χ1n) is 47.2. The normalized spacial score (nSPS) is 11.7. The summed E-state index contributed by atoms with van der Waals surface area (Å²) in [7, 11) is -1.93. The maximum absolute atomic E-state index is 7.97. The van der Waals surface area contributed by atoms with Crippen LogP contribution in [-0.4, -0.2) is 0 Å². The minimum Gasteiger partial charge on any atom is -0.408 e. The van der Waals surface area contributed by atoms with E-state index in [2.05, 4.69) is 98.7 Å². The van der Waals surface area contributed by atoms with E-state index in [-0.39, 0.29) is 0 Å². The van der Waals surface area contributed by atoms with Crippen LogP contribution in [0.2, 0.25) is 0 Å². The summed E-state index contributed by atoms with van der Waals surface area (Å²) in [5.74, 6) is 3.16. The summed E-state index contributed by atoms with van der Waals surface area (Å²) in [6.07, 6.45) is 94.1. The zero-order valence-corrected chi connectivity index (χ0v) is 71.9. The molecule has 0 radical (unpaired) electrons. The molecule has 0 heterocycles. The summed E-state index contributed by atoms with van der Waals surface area (Å²) in [6.45, 7) is 21.2. The molecule has 3 nitrogen and oxygen atoms in total. The van der Waals surface area contributed by atoms with Gasteiger partial charge in [0.25, 0.3) is 0 Å². The third kappa shape index (κ3) is 47.2. The Bertz CT molecular complexity index is 2080. The number of hydrogen-bond acceptors (Lipinski definition) is 3. The van der Waals surface area contributed by atoms with E-state index >= 15 is 0 Å². The molecule has 0 saturated heterocycles. The van der Waals surface area contributed by atoms with E-state index in [9.17, 15) is 0 Å².